The number of rotatable bonds is 6. The first-order chi connectivity index (χ1) is 16.0. The lowest BCUT2D eigenvalue weighted by Crippen LogP contribution is -2.63. The summed E-state index contributed by atoms with van der Waals surface area (Å²) in [7, 11) is 5.67. The molecule has 2 aromatic carbocycles. The van der Waals surface area contributed by atoms with Gasteiger partial charge in [0.2, 0.25) is 11.8 Å². The Labute approximate surface area is 193 Å². The molecule has 2 aliphatic rings. The van der Waals surface area contributed by atoms with Gasteiger partial charge >= 0.3 is 0 Å². The molecule has 1 saturated heterocycles. The SMILES string of the molecule is COc1cccc(C2c3[nH]c4ccccc4c3C[C@H]3C(=O)N(CCCN(C)C)CC(=O)N23)c1. The second-order valence-electron chi connectivity index (χ2n) is 9.18. The zero-order chi connectivity index (χ0) is 23.1. The van der Waals surface area contributed by atoms with Gasteiger partial charge in [-0.15, -0.1) is 0 Å². The number of carbonyl (C=O) groups is 2. The van der Waals surface area contributed by atoms with Crippen molar-refractivity contribution in [3.8, 4) is 5.75 Å². The first-order valence-electron chi connectivity index (χ1n) is 11.5. The molecule has 0 bridgehead atoms. The molecule has 7 heteroatoms. The van der Waals surface area contributed by atoms with Crippen molar-refractivity contribution < 1.29 is 14.3 Å². The summed E-state index contributed by atoms with van der Waals surface area (Å²) in [6.07, 6.45) is 1.37. The van der Waals surface area contributed by atoms with E-state index in [0.717, 1.165) is 46.4 Å². The number of ether oxygens (including phenoxy) is 1. The van der Waals surface area contributed by atoms with Crippen LogP contribution in [-0.2, 0) is 16.0 Å². The molecular formula is C26H30N4O3. The fourth-order valence-electron chi connectivity index (χ4n) is 5.25. The number of benzene rings is 2. The van der Waals surface area contributed by atoms with Crippen molar-refractivity contribution in [3.05, 3.63) is 65.4 Å². The van der Waals surface area contributed by atoms with E-state index >= 15 is 0 Å². The first kappa shape index (κ1) is 21.5. The van der Waals surface area contributed by atoms with Gasteiger partial charge in [0, 0.05) is 29.6 Å². The highest BCUT2D eigenvalue weighted by atomic mass is 16.5. The summed E-state index contributed by atoms with van der Waals surface area (Å²) in [4.78, 5) is 36.4. The predicted octanol–water partition coefficient (Wildman–Crippen LogP) is 2.81. The maximum Gasteiger partial charge on any atom is 0.246 e. The standard InChI is InChI=1S/C26H30N4O3/c1-28(2)12-7-13-29-16-23(31)30-22(26(29)32)15-20-19-10-4-5-11-21(19)27-24(20)25(30)17-8-6-9-18(14-17)33-3/h4-6,8-11,14,22,25,27H,7,12-13,15-16H2,1-3H3/t22-,25?/m0/s1. The van der Waals surface area contributed by atoms with Crippen LogP contribution in [0.3, 0.4) is 0 Å². The molecule has 0 aliphatic carbocycles. The number of H-pyrrole nitrogens is 1. The molecular weight excluding hydrogens is 416 g/mol. The van der Waals surface area contributed by atoms with E-state index in [9.17, 15) is 9.59 Å². The van der Waals surface area contributed by atoms with Crippen LogP contribution in [0.2, 0.25) is 0 Å². The summed E-state index contributed by atoms with van der Waals surface area (Å²) in [5, 5.41) is 1.12. The van der Waals surface area contributed by atoms with Crippen molar-refractivity contribution in [2.45, 2.75) is 24.9 Å². The van der Waals surface area contributed by atoms with Gasteiger partial charge in [0.1, 0.15) is 11.8 Å². The lowest BCUT2D eigenvalue weighted by Gasteiger charge is -2.47. The Morgan fingerprint density at radius 2 is 1.94 bits per heavy atom. The molecule has 5 rings (SSSR count). The maximum atomic E-state index is 13.6. The van der Waals surface area contributed by atoms with Gasteiger partial charge in [-0.25, -0.2) is 0 Å². The highest BCUT2D eigenvalue weighted by molar-refractivity contribution is 5.97. The molecule has 2 aliphatic heterocycles. The fraction of sp³-hybridized carbons (Fsp3) is 0.385. The Morgan fingerprint density at radius 1 is 1.12 bits per heavy atom. The maximum absolute atomic E-state index is 13.6. The fourth-order valence-corrected chi connectivity index (χ4v) is 5.25. The summed E-state index contributed by atoms with van der Waals surface area (Å²) < 4.78 is 5.46. The van der Waals surface area contributed by atoms with Crippen molar-refractivity contribution in [2.75, 3.05) is 40.8 Å². The second-order valence-corrected chi connectivity index (χ2v) is 9.18. The van der Waals surface area contributed by atoms with Gasteiger partial charge in [0.25, 0.3) is 0 Å². The number of methoxy groups -OCH3 is 1. The number of fused-ring (bicyclic) bond motifs is 4. The monoisotopic (exact) mass is 446 g/mol. The molecule has 7 nitrogen and oxygen atoms in total. The van der Waals surface area contributed by atoms with Crippen LogP contribution in [0.1, 0.15) is 29.3 Å². The molecule has 3 heterocycles. The van der Waals surface area contributed by atoms with E-state index in [2.05, 4.69) is 16.0 Å². The Balaban J connectivity index is 1.59. The van der Waals surface area contributed by atoms with Crippen LogP contribution in [-0.4, -0.2) is 78.4 Å². The molecule has 172 valence electrons. The summed E-state index contributed by atoms with van der Waals surface area (Å²) in [6.45, 7) is 1.60. The number of piperazine rings is 1. The molecule has 33 heavy (non-hydrogen) atoms. The van der Waals surface area contributed by atoms with Crippen molar-refractivity contribution in [1.82, 2.24) is 19.7 Å². The van der Waals surface area contributed by atoms with E-state index < -0.39 is 6.04 Å². The smallest absolute Gasteiger partial charge is 0.246 e. The third-order valence-electron chi connectivity index (χ3n) is 6.79. The zero-order valence-corrected chi connectivity index (χ0v) is 19.4. The van der Waals surface area contributed by atoms with Gasteiger partial charge in [-0.1, -0.05) is 30.3 Å². The number of amides is 2. The third kappa shape index (κ3) is 3.76. The molecule has 1 aromatic heterocycles. The minimum Gasteiger partial charge on any atom is -0.497 e. The second kappa shape index (κ2) is 8.56. The predicted molar refractivity (Wildman–Crippen MR) is 127 cm³/mol. The van der Waals surface area contributed by atoms with Crippen LogP contribution >= 0.6 is 0 Å². The number of aromatic nitrogens is 1. The van der Waals surface area contributed by atoms with E-state index in [1.54, 1.807) is 16.9 Å². The number of aromatic amines is 1. The molecule has 1 N–H and O–H groups in total. The highest BCUT2D eigenvalue weighted by Gasteiger charge is 2.48. The third-order valence-corrected chi connectivity index (χ3v) is 6.79. The lowest BCUT2D eigenvalue weighted by atomic mass is 9.86. The molecule has 0 spiro atoms. The average molecular weight is 447 g/mol. The number of nitrogens with one attached hydrogen (secondary N) is 1. The van der Waals surface area contributed by atoms with Crippen molar-refractivity contribution in [1.29, 1.82) is 0 Å². The van der Waals surface area contributed by atoms with Gasteiger partial charge < -0.3 is 24.4 Å². The van der Waals surface area contributed by atoms with E-state index in [0.29, 0.717) is 13.0 Å². The Kier molecular flexibility index (Phi) is 5.58. The van der Waals surface area contributed by atoms with Crippen LogP contribution in [0, 0.1) is 0 Å². The topological polar surface area (TPSA) is 68.9 Å². The first-order valence-corrected chi connectivity index (χ1v) is 11.5. The molecule has 0 saturated carbocycles. The van der Waals surface area contributed by atoms with Crippen molar-refractivity contribution >= 4 is 22.7 Å². The number of para-hydroxylation sites is 1. The normalized spacial score (nSPS) is 20.4. The van der Waals surface area contributed by atoms with E-state index in [1.807, 2.05) is 56.6 Å². The summed E-state index contributed by atoms with van der Waals surface area (Å²) in [6, 6.07) is 15.1. The van der Waals surface area contributed by atoms with Gasteiger partial charge in [-0.3, -0.25) is 9.59 Å². The number of hydrogen-bond acceptors (Lipinski definition) is 4. The van der Waals surface area contributed by atoms with Crippen LogP contribution in [0.15, 0.2) is 48.5 Å². The molecule has 2 amide bonds. The molecule has 0 radical (unpaired) electrons. The van der Waals surface area contributed by atoms with Gasteiger partial charge in [-0.05, 0) is 56.4 Å². The minimum absolute atomic E-state index is 0.0124. The Hall–Kier alpha value is -3.32. The average Bonchev–Trinajstić information content (AvgIpc) is 3.19. The van der Waals surface area contributed by atoms with E-state index in [1.165, 1.54) is 0 Å². The van der Waals surface area contributed by atoms with Gasteiger partial charge in [-0.2, -0.15) is 0 Å². The van der Waals surface area contributed by atoms with Crippen LogP contribution < -0.4 is 4.74 Å². The number of hydrogen-bond donors (Lipinski definition) is 1. The minimum atomic E-state index is -0.506. The molecule has 3 aromatic rings. The summed E-state index contributed by atoms with van der Waals surface area (Å²) in [5.41, 5.74) is 4.07. The van der Waals surface area contributed by atoms with Crippen molar-refractivity contribution in [3.63, 3.8) is 0 Å². The Bertz CT molecular complexity index is 1200. The lowest BCUT2D eigenvalue weighted by molar-refractivity contribution is -0.158. The molecule has 1 fully saturated rings. The number of carbonyl (C=O) groups excluding carboxylic acids is 2. The van der Waals surface area contributed by atoms with Crippen LogP contribution in [0.5, 0.6) is 5.75 Å². The van der Waals surface area contributed by atoms with Crippen molar-refractivity contribution in [2.24, 2.45) is 0 Å². The van der Waals surface area contributed by atoms with Gasteiger partial charge in [0.05, 0.1) is 19.7 Å². The zero-order valence-electron chi connectivity index (χ0n) is 19.4. The Morgan fingerprint density at radius 3 is 2.73 bits per heavy atom. The van der Waals surface area contributed by atoms with Crippen LogP contribution in [0.4, 0.5) is 0 Å². The van der Waals surface area contributed by atoms with E-state index in [-0.39, 0.29) is 24.4 Å². The highest BCUT2D eigenvalue weighted by Crippen LogP contribution is 2.43. The number of nitrogens with zero attached hydrogens (tertiary/aromatic N) is 3. The van der Waals surface area contributed by atoms with Crippen LogP contribution in [0.25, 0.3) is 10.9 Å². The van der Waals surface area contributed by atoms with Gasteiger partial charge in [0.15, 0.2) is 0 Å². The quantitative estimate of drug-likeness (QED) is 0.632. The summed E-state index contributed by atoms with van der Waals surface area (Å²) >= 11 is 0. The molecule has 1 unspecified atom stereocenters. The molecule has 2 atom stereocenters. The van der Waals surface area contributed by atoms with E-state index in [4.69, 9.17) is 4.74 Å². The largest absolute Gasteiger partial charge is 0.497 e. The summed E-state index contributed by atoms with van der Waals surface area (Å²) in [5.74, 6) is 0.757.